The van der Waals surface area contributed by atoms with Crippen molar-refractivity contribution in [3.8, 4) is 0 Å². The number of morpholine rings is 1. The van der Waals surface area contributed by atoms with Crippen LogP contribution in [0.2, 0.25) is 0 Å². The molecule has 2 aliphatic rings. The number of benzene rings is 1. The van der Waals surface area contributed by atoms with E-state index in [2.05, 4.69) is 20.5 Å². The number of thiazole rings is 1. The van der Waals surface area contributed by atoms with Crippen molar-refractivity contribution in [3.63, 3.8) is 0 Å². The van der Waals surface area contributed by atoms with E-state index in [0.29, 0.717) is 68.5 Å². The molecule has 38 heavy (non-hydrogen) atoms. The summed E-state index contributed by atoms with van der Waals surface area (Å²) in [6.07, 6.45) is -8.60. The number of anilines is 1. The predicted molar refractivity (Wildman–Crippen MR) is 126 cm³/mol. The van der Waals surface area contributed by atoms with E-state index in [1.54, 1.807) is 5.38 Å². The molecule has 1 aliphatic carbocycles. The van der Waals surface area contributed by atoms with E-state index >= 15 is 0 Å². The number of alkyl halides is 6. The molecule has 14 heteroatoms. The van der Waals surface area contributed by atoms with Crippen LogP contribution < -0.4 is 10.6 Å². The lowest BCUT2D eigenvalue weighted by Gasteiger charge is -2.33. The molecule has 1 saturated carbocycles. The number of amides is 2. The zero-order valence-corrected chi connectivity index (χ0v) is 21.2. The van der Waals surface area contributed by atoms with Crippen molar-refractivity contribution < 1.29 is 40.7 Å². The fourth-order valence-corrected chi connectivity index (χ4v) is 5.86. The predicted octanol–water partition coefficient (Wildman–Crippen LogP) is 4.58. The molecule has 2 amide bonds. The SMILES string of the molecule is CC(=O)Nc1nc(C2(C(=O)NCc3cc(C(F)(F)F)cc(C(F)(F)F)c3)CCC(N3CCOCC3)C2)cs1. The highest BCUT2D eigenvalue weighted by Crippen LogP contribution is 2.44. The molecule has 2 atom stereocenters. The molecule has 2 unspecified atom stereocenters. The summed E-state index contributed by atoms with van der Waals surface area (Å²) in [5.41, 5.74) is -3.97. The van der Waals surface area contributed by atoms with Gasteiger partial charge in [-0.3, -0.25) is 14.5 Å². The highest BCUT2D eigenvalue weighted by molar-refractivity contribution is 7.14. The Bertz CT molecular complexity index is 1150. The van der Waals surface area contributed by atoms with Crippen LogP contribution in [-0.4, -0.2) is 54.0 Å². The number of aromatic nitrogens is 1. The van der Waals surface area contributed by atoms with Crippen molar-refractivity contribution in [1.29, 1.82) is 0 Å². The monoisotopic (exact) mass is 564 g/mol. The summed E-state index contributed by atoms with van der Waals surface area (Å²) in [5.74, 6) is -0.883. The average Bonchev–Trinajstić information content (AvgIpc) is 3.50. The van der Waals surface area contributed by atoms with E-state index < -0.39 is 41.3 Å². The second-order valence-corrected chi connectivity index (χ2v) is 10.3. The Balaban J connectivity index is 1.60. The van der Waals surface area contributed by atoms with Crippen molar-refractivity contribution >= 4 is 28.3 Å². The number of nitrogens with one attached hydrogen (secondary N) is 2. The van der Waals surface area contributed by atoms with Gasteiger partial charge in [0.05, 0.1) is 35.4 Å². The molecular weight excluding hydrogens is 538 g/mol. The zero-order valence-electron chi connectivity index (χ0n) is 20.3. The summed E-state index contributed by atoms with van der Waals surface area (Å²) in [6, 6.07) is 1.27. The minimum Gasteiger partial charge on any atom is -0.379 e. The molecule has 2 fully saturated rings. The van der Waals surface area contributed by atoms with E-state index in [9.17, 15) is 35.9 Å². The van der Waals surface area contributed by atoms with Gasteiger partial charge in [-0.05, 0) is 43.0 Å². The summed E-state index contributed by atoms with van der Waals surface area (Å²) in [4.78, 5) is 31.8. The Morgan fingerprint density at radius 3 is 2.32 bits per heavy atom. The summed E-state index contributed by atoms with van der Waals surface area (Å²) >= 11 is 1.13. The second-order valence-electron chi connectivity index (χ2n) is 9.44. The van der Waals surface area contributed by atoms with Gasteiger partial charge in [0.15, 0.2) is 5.13 Å². The molecule has 1 saturated heterocycles. The molecule has 208 valence electrons. The van der Waals surface area contributed by atoms with Crippen LogP contribution >= 0.6 is 11.3 Å². The normalized spacial score (nSPS) is 22.9. The lowest BCUT2D eigenvalue weighted by molar-refractivity contribution is -0.143. The average molecular weight is 565 g/mol. The summed E-state index contributed by atoms with van der Waals surface area (Å²) in [6.45, 7) is 3.25. The molecule has 1 aromatic carbocycles. The standard InChI is InChI=1S/C24H26F6N4O3S/c1-14(35)32-21-33-19(13-38-21)22(3-2-18(11-22)34-4-6-37-7-5-34)20(36)31-12-15-8-16(23(25,26)27)10-17(9-15)24(28,29)30/h8-10,13,18H,2-7,11-12H2,1H3,(H,31,36)(H,32,33,35). The van der Waals surface area contributed by atoms with Crippen LogP contribution in [0.3, 0.4) is 0 Å². The third kappa shape index (κ3) is 6.29. The minimum absolute atomic E-state index is 0.0148. The van der Waals surface area contributed by atoms with Crippen LogP contribution in [0.4, 0.5) is 31.5 Å². The zero-order chi connectivity index (χ0) is 27.7. The molecule has 0 bridgehead atoms. The van der Waals surface area contributed by atoms with Gasteiger partial charge >= 0.3 is 12.4 Å². The third-order valence-corrected chi connectivity index (χ3v) is 7.62. The molecule has 7 nitrogen and oxygen atoms in total. The Kier molecular flexibility index (Phi) is 8.05. The second kappa shape index (κ2) is 10.8. The summed E-state index contributed by atoms with van der Waals surface area (Å²) < 4.78 is 85.0. The quantitative estimate of drug-likeness (QED) is 0.502. The van der Waals surface area contributed by atoms with E-state index in [0.717, 1.165) is 11.3 Å². The van der Waals surface area contributed by atoms with Crippen molar-refractivity contribution in [1.82, 2.24) is 15.2 Å². The molecule has 1 aromatic heterocycles. The van der Waals surface area contributed by atoms with Crippen LogP contribution in [0.25, 0.3) is 0 Å². The first kappa shape index (κ1) is 28.3. The van der Waals surface area contributed by atoms with Gasteiger partial charge in [0.1, 0.15) is 0 Å². The topological polar surface area (TPSA) is 83.6 Å². The first-order valence-electron chi connectivity index (χ1n) is 11.9. The van der Waals surface area contributed by atoms with Crippen LogP contribution in [0.5, 0.6) is 0 Å². The minimum atomic E-state index is -4.99. The molecule has 0 spiro atoms. The van der Waals surface area contributed by atoms with Gasteiger partial charge in [-0.2, -0.15) is 26.3 Å². The van der Waals surface area contributed by atoms with Crippen LogP contribution in [0.1, 0.15) is 48.6 Å². The number of hydrogen-bond acceptors (Lipinski definition) is 6. The largest absolute Gasteiger partial charge is 0.416 e. The highest BCUT2D eigenvalue weighted by Gasteiger charge is 2.50. The first-order chi connectivity index (χ1) is 17.8. The van der Waals surface area contributed by atoms with Crippen LogP contribution in [-0.2, 0) is 38.6 Å². The fraction of sp³-hybridized carbons (Fsp3) is 0.542. The van der Waals surface area contributed by atoms with Crippen molar-refractivity contribution in [2.75, 3.05) is 31.6 Å². The Morgan fingerprint density at radius 1 is 1.11 bits per heavy atom. The van der Waals surface area contributed by atoms with Gasteiger partial charge in [0, 0.05) is 38.0 Å². The van der Waals surface area contributed by atoms with Crippen LogP contribution in [0.15, 0.2) is 23.6 Å². The maximum absolute atomic E-state index is 13.6. The number of hydrogen-bond donors (Lipinski definition) is 2. The van der Waals surface area contributed by atoms with Crippen LogP contribution in [0, 0.1) is 0 Å². The van der Waals surface area contributed by atoms with E-state index in [1.807, 2.05) is 0 Å². The number of halogens is 6. The summed E-state index contributed by atoms with van der Waals surface area (Å²) in [5, 5.41) is 7.09. The first-order valence-corrected chi connectivity index (χ1v) is 12.8. The molecule has 0 radical (unpaired) electrons. The lowest BCUT2D eigenvalue weighted by atomic mass is 9.81. The Hall–Kier alpha value is -2.71. The number of rotatable bonds is 6. The van der Waals surface area contributed by atoms with E-state index in [-0.39, 0.29) is 23.6 Å². The van der Waals surface area contributed by atoms with Gasteiger partial charge in [-0.25, -0.2) is 4.98 Å². The Morgan fingerprint density at radius 2 is 1.74 bits per heavy atom. The number of nitrogens with zero attached hydrogens (tertiary/aromatic N) is 2. The van der Waals surface area contributed by atoms with Gasteiger partial charge in [0.25, 0.3) is 0 Å². The van der Waals surface area contributed by atoms with Crippen molar-refractivity contribution in [3.05, 3.63) is 46.0 Å². The number of carbonyl (C=O) groups is 2. The van der Waals surface area contributed by atoms with Gasteiger partial charge in [-0.1, -0.05) is 0 Å². The highest BCUT2D eigenvalue weighted by atomic mass is 32.1. The Labute approximate surface area is 218 Å². The molecule has 2 heterocycles. The number of carbonyl (C=O) groups excluding carboxylic acids is 2. The van der Waals surface area contributed by atoms with Crippen molar-refractivity contribution in [2.24, 2.45) is 0 Å². The van der Waals surface area contributed by atoms with Crippen molar-refractivity contribution in [2.45, 2.75) is 56.5 Å². The summed E-state index contributed by atoms with van der Waals surface area (Å²) in [7, 11) is 0. The van der Waals surface area contributed by atoms with Gasteiger partial charge in [-0.15, -0.1) is 11.3 Å². The molecular formula is C24H26F6N4O3S. The molecule has 1 aliphatic heterocycles. The maximum Gasteiger partial charge on any atom is 0.416 e. The molecule has 2 aromatic rings. The third-order valence-electron chi connectivity index (χ3n) is 6.86. The van der Waals surface area contributed by atoms with E-state index in [4.69, 9.17) is 4.74 Å². The lowest BCUT2D eigenvalue weighted by Crippen LogP contribution is -2.46. The van der Waals surface area contributed by atoms with Gasteiger partial charge < -0.3 is 15.4 Å². The molecule has 4 rings (SSSR count). The smallest absolute Gasteiger partial charge is 0.379 e. The molecule has 2 N–H and O–H groups in total. The van der Waals surface area contributed by atoms with E-state index in [1.165, 1.54) is 6.92 Å². The fourth-order valence-electron chi connectivity index (χ4n) is 5.00. The maximum atomic E-state index is 13.6. The van der Waals surface area contributed by atoms with Gasteiger partial charge in [0.2, 0.25) is 11.8 Å². The number of ether oxygens (including phenoxy) is 1.